The zero-order chi connectivity index (χ0) is 39.4. The maximum absolute atomic E-state index is 11.4. The molecule has 2 aromatic carbocycles. The van der Waals surface area contributed by atoms with Crippen molar-refractivity contribution in [1.29, 1.82) is 0 Å². The number of carboxylic acid groups (broad SMARTS) is 1. The second-order valence-corrected chi connectivity index (χ2v) is 12.7. The predicted octanol–water partition coefficient (Wildman–Crippen LogP) is 6.67. The standard InChI is InChI=1S/C42H36N4O6.C2H4O2.Mn/c1-49-39(47)5-3-23-51-33-15-7-27(8-16-33)41-35-19-11-29(43-35)25-31-13-21-37(45-31)42(38-22-14-32(46-38)26-30-12-20-36(41)44-30)28-9-17-34(18-10-28)52-24-4-6-40(48)50-2;1-2(3)4;/h7-22,25-26H,3-6,23-24H2,1-2H3;1H3,(H,3,4);/q-2;;+3/p-1. The molecule has 3 aromatic heterocycles. The number of carbonyl (C=O) groups is 3. The number of carboxylic acids is 1. The molecule has 0 saturated heterocycles. The fraction of sp³-hybridized carbons (Fsp3) is 0.205. The van der Waals surface area contributed by atoms with Gasteiger partial charge in [0.15, 0.2) is 0 Å². The zero-order valence-electron chi connectivity index (χ0n) is 31.6. The molecule has 0 spiro atoms. The summed E-state index contributed by atoms with van der Waals surface area (Å²) in [6.45, 7) is 1.79. The fourth-order valence-corrected chi connectivity index (χ4v) is 6.00. The molecule has 0 saturated carbocycles. The van der Waals surface area contributed by atoms with Crippen LogP contribution in [-0.2, 0) is 40.9 Å². The van der Waals surface area contributed by atoms with Crippen molar-refractivity contribution in [2.24, 2.45) is 0 Å². The third-order valence-electron chi connectivity index (χ3n) is 8.59. The number of nitrogens with zero attached hydrogens (tertiary/aromatic N) is 4. The molecule has 2 aliphatic heterocycles. The van der Waals surface area contributed by atoms with Crippen LogP contribution < -0.4 is 24.5 Å². The van der Waals surface area contributed by atoms with E-state index >= 15 is 0 Å². The van der Waals surface area contributed by atoms with Crippen molar-refractivity contribution in [2.75, 3.05) is 27.4 Å². The molecule has 0 fully saturated rings. The molecule has 290 valence electrons. The van der Waals surface area contributed by atoms with Crippen LogP contribution in [0.3, 0.4) is 0 Å². The Bertz CT molecular complexity index is 2330. The van der Waals surface area contributed by atoms with E-state index in [1.165, 1.54) is 14.2 Å². The number of fused-ring (bicyclic) bond motifs is 8. The molecule has 12 nitrogen and oxygen atoms in total. The maximum Gasteiger partial charge on any atom is 3.00 e. The Morgan fingerprint density at radius 1 is 0.596 bits per heavy atom. The summed E-state index contributed by atoms with van der Waals surface area (Å²) < 4.78 is 21.1. The number of methoxy groups -OCH3 is 2. The number of aliphatic carboxylic acids is 1. The monoisotopic (exact) mass is 806 g/mol. The minimum Gasteiger partial charge on any atom is -0.657 e. The van der Waals surface area contributed by atoms with Crippen LogP contribution in [0.5, 0.6) is 11.5 Å². The van der Waals surface area contributed by atoms with Crippen molar-refractivity contribution < 1.29 is 55.5 Å². The Kier molecular flexibility index (Phi) is 14.6. The van der Waals surface area contributed by atoms with Crippen LogP contribution in [0.4, 0.5) is 0 Å². The van der Waals surface area contributed by atoms with Crippen LogP contribution in [-0.4, -0.2) is 55.3 Å². The maximum atomic E-state index is 11.4. The minimum absolute atomic E-state index is 0. The van der Waals surface area contributed by atoms with Gasteiger partial charge in [0.2, 0.25) is 0 Å². The SMILES string of the molecule is CC(=O)[O-].COC(=O)CCCOc1ccc(-c2c3nc(cc4ccc([n-]4)c(-c4ccc(OCCCC(=O)OC)cc4)c4ccc(cc5nc2C=C5)[n-]4)C=C3)cc1.[Mn+3]. The summed E-state index contributed by atoms with van der Waals surface area (Å²) in [6, 6.07) is 27.5. The first-order valence-electron chi connectivity index (χ1n) is 18.0. The van der Waals surface area contributed by atoms with Gasteiger partial charge in [-0.15, -0.1) is 22.1 Å². The van der Waals surface area contributed by atoms with E-state index in [1.807, 2.05) is 109 Å². The van der Waals surface area contributed by atoms with Gasteiger partial charge in [0.05, 0.1) is 50.2 Å². The first-order chi connectivity index (χ1) is 27.2. The third-order valence-corrected chi connectivity index (χ3v) is 8.59. The Morgan fingerprint density at radius 2 is 1.00 bits per heavy atom. The summed E-state index contributed by atoms with van der Waals surface area (Å²) in [5.74, 6) is -0.166. The van der Waals surface area contributed by atoms with Crippen LogP contribution in [0.25, 0.3) is 68.6 Å². The van der Waals surface area contributed by atoms with E-state index in [9.17, 15) is 9.59 Å². The Balaban J connectivity index is 0.00000119. The number of aromatic nitrogens is 4. The van der Waals surface area contributed by atoms with Crippen molar-refractivity contribution in [3.8, 4) is 33.8 Å². The Morgan fingerprint density at radius 3 is 1.40 bits per heavy atom. The normalized spacial score (nSPS) is 11.1. The van der Waals surface area contributed by atoms with Crippen LogP contribution >= 0.6 is 0 Å². The van der Waals surface area contributed by atoms with E-state index in [4.69, 9.17) is 48.8 Å². The average molecular weight is 807 g/mol. The van der Waals surface area contributed by atoms with Gasteiger partial charge in [0.25, 0.3) is 0 Å². The molecule has 7 rings (SSSR count). The van der Waals surface area contributed by atoms with Gasteiger partial charge in [0.1, 0.15) is 11.5 Å². The van der Waals surface area contributed by atoms with Crippen molar-refractivity contribution in [1.82, 2.24) is 19.9 Å². The summed E-state index contributed by atoms with van der Waals surface area (Å²) in [4.78, 5) is 51.7. The number of carbonyl (C=O) groups excluding carboxylic acids is 3. The van der Waals surface area contributed by atoms with Crippen LogP contribution in [0, 0.1) is 0 Å². The molecule has 2 aliphatic rings. The largest absolute Gasteiger partial charge is 3.00 e. The molecule has 0 aliphatic carbocycles. The van der Waals surface area contributed by atoms with Crippen LogP contribution in [0.2, 0.25) is 0 Å². The van der Waals surface area contributed by atoms with Gasteiger partial charge in [-0.2, -0.15) is 0 Å². The molecule has 0 atom stereocenters. The Labute approximate surface area is 340 Å². The van der Waals surface area contributed by atoms with E-state index < -0.39 is 5.97 Å². The van der Waals surface area contributed by atoms with Crippen molar-refractivity contribution in [3.05, 3.63) is 108 Å². The third kappa shape index (κ3) is 11.3. The van der Waals surface area contributed by atoms with E-state index in [0.29, 0.717) is 50.4 Å². The van der Waals surface area contributed by atoms with E-state index in [0.717, 1.165) is 74.0 Å². The van der Waals surface area contributed by atoms with Crippen LogP contribution in [0.1, 0.15) is 55.4 Å². The summed E-state index contributed by atoms with van der Waals surface area (Å²) in [7, 11) is 2.77. The molecule has 0 amide bonds. The van der Waals surface area contributed by atoms with E-state index in [2.05, 4.69) is 0 Å². The number of ether oxygens (including phenoxy) is 4. The summed E-state index contributed by atoms with van der Waals surface area (Å²) in [5.41, 5.74) is 9.91. The smallest absolute Gasteiger partial charge is 0.657 e. The molecular weight excluding hydrogens is 767 g/mol. The van der Waals surface area contributed by atoms with Crippen molar-refractivity contribution >= 4 is 64.3 Å². The second-order valence-electron chi connectivity index (χ2n) is 12.7. The number of esters is 2. The average Bonchev–Trinajstić information content (AvgIpc) is 4.03. The molecule has 57 heavy (non-hydrogen) atoms. The second kappa shape index (κ2) is 19.9. The molecule has 8 bridgehead atoms. The predicted molar refractivity (Wildman–Crippen MR) is 212 cm³/mol. The van der Waals surface area contributed by atoms with Gasteiger partial charge < -0.3 is 38.8 Å². The van der Waals surface area contributed by atoms with E-state index in [1.54, 1.807) is 0 Å². The topological polar surface area (TPSA) is 165 Å². The van der Waals surface area contributed by atoms with Gasteiger partial charge in [-0.1, -0.05) is 60.7 Å². The van der Waals surface area contributed by atoms with Gasteiger partial charge in [0, 0.05) is 24.4 Å². The minimum atomic E-state index is -1.08. The van der Waals surface area contributed by atoms with Crippen molar-refractivity contribution in [3.63, 3.8) is 0 Å². The molecule has 5 heterocycles. The molecule has 0 radical (unpaired) electrons. The number of hydrogen-bond donors (Lipinski definition) is 0. The van der Waals surface area contributed by atoms with E-state index in [-0.39, 0.29) is 29.0 Å². The molecule has 0 N–H and O–H groups in total. The van der Waals surface area contributed by atoms with Crippen LogP contribution in [0.15, 0.2) is 84.9 Å². The van der Waals surface area contributed by atoms with Gasteiger partial charge in [-0.25, -0.2) is 9.97 Å². The van der Waals surface area contributed by atoms with Gasteiger partial charge in [-0.05, 0) is 85.0 Å². The summed E-state index contributed by atoms with van der Waals surface area (Å²) in [6.07, 6.45) is 9.73. The number of benzene rings is 2. The molecule has 13 heteroatoms. The number of rotatable bonds is 12. The first-order valence-corrected chi connectivity index (χ1v) is 18.0. The molecule has 5 aromatic rings. The molecule has 0 unspecified atom stereocenters. The van der Waals surface area contributed by atoms with Crippen molar-refractivity contribution in [2.45, 2.75) is 32.6 Å². The Hall–Kier alpha value is -6.43. The summed E-state index contributed by atoms with van der Waals surface area (Å²) >= 11 is 0. The quantitative estimate of drug-likeness (QED) is 0.0733. The molecular formula is C44H39MnN4O8. The fourth-order valence-electron chi connectivity index (χ4n) is 6.00. The summed E-state index contributed by atoms with van der Waals surface area (Å²) in [5, 5.41) is 8.89. The van der Waals surface area contributed by atoms with Gasteiger partial charge >= 0.3 is 29.0 Å². The zero-order valence-corrected chi connectivity index (χ0v) is 32.7. The van der Waals surface area contributed by atoms with Gasteiger partial charge in [-0.3, -0.25) is 9.59 Å². The number of hydrogen-bond acceptors (Lipinski definition) is 10. The first kappa shape index (κ1) is 41.7.